The van der Waals surface area contributed by atoms with Crippen molar-refractivity contribution >= 4 is 15.9 Å². The molecule has 0 radical (unpaired) electrons. The summed E-state index contributed by atoms with van der Waals surface area (Å²) in [7, 11) is 1.38. The molecule has 0 saturated heterocycles. The van der Waals surface area contributed by atoms with Crippen molar-refractivity contribution in [2.24, 2.45) is 5.73 Å². The van der Waals surface area contributed by atoms with Crippen LogP contribution in [0.15, 0.2) is 10.5 Å². The van der Waals surface area contributed by atoms with Gasteiger partial charge >= 0.3 is 0 Å². The lowest BCUT2D eigenvalue weighted by molar-refractivity contribution is 0.364. The van der Waals surface area contributed by atoms with Crippen LogP contribution in [-0.2, 0) is 6.42 Å². The lowest BCUT2D eigenvalue weighted by atomic mass is 10.1. The molecule has 14 heavy (non-hydrogen) atoms. The standard InChI is InChI=1S/C9H11BrFNO2/c1-14-9-5(2-3-12)8(11)6(10)4-7(9)13/h4,13H,2-3,12H2,1H3. The minimum absolute atomic E-state index is 0.0933. The fourth-order valence-corrected chi connectivity index (χ4v) is 1.70. The van der Waals surface area contributed by atoms with Gasteiger partial charge in [0.1, 0.15) is 5.82 Å². The molecule has 0 atom stereocenters. The van der Waals surface area contributed by atoms with Crippen LogP contribution in [0.2, 0.25) is 0 Å². The Labute approximate surface area is 89.8 Å². The lowest BCUT2D eigenvalue weighted by Crippen LogP contribution is -2.07. The molecule has 0 bridgehead atoms. The van der Waals surface area contributed by atoms with Gasteiger partial charge in [-0.25, -0.2) is 4.39 Å². The predicted molar refractivity (Wildman–Crippen MR) is 55.1 cm³/mol. The zero-order valence-electron chi connectivity index (χ0n) is 7.68. The van der Waals surface area contributed by atoms with Crippen LogP contribution < -0.4 is 10.5 Å². The van der Waals surface area contributed by atoms with Crippen molar-refractivity contribution in [2.45, 2.75) is 6.42 Å². The number of aromatic hydroxyl groups is 1. The highest BCUT2D eigenvalue weighted by molar-refractivity contribution is 9.10. The number of ether oxygens (including phenoxy) is 1. The van der Waals surface area contributed by atoms with Crippen molar-refractivity contribution in [2.75, 3.05) is 13.7 Å². The van der Waals surface area contributed by atoms with Crippen LogP contribution >= 0.6 is 15.9 Å². The van der Waals surface area contributed by atoms with Gasteiger partial charge in [-0.3, -0.25) is 0 Å². The number of methoxy groups -OCH3 is 1. The second kappa shape index (κ2) is 4.61. The molecule has 0 aliphatic carbocycles. The zero-order chi connectivity index (χ0) is 10.7. The predicted octanol–water partition coefficient (Wildman–Crippen LogP) is 1.80. The lowest BCUT2D eigenvalue weighted by Gasteiger charge is -2.11. The molecule has 5 heteroatoms. The van der Waals surface area contributed by atoms with Gasteiger partial charge < -0.3 is 15.6 Å². The first-order valence-corrected chi connectivity index (χ1v) is 4.85. The molecule has 3 nitrogen and oxygen atoms in total. The van der Waals surface area contributed by atoms with E-state index in [1.54, 1.807) is 0 Å². The smallest absolute Gasteiger partial charge is 0.166 e. The highest BCUT2D eigenvalue weighted by Gasteiger charge is 2.16. The van der Waals surface area contributed by atoms with Crippen LogP contribution in [0, 0.1) is 5.82 Å². The van der Waals surface area contributed by atoms with Crippen molar-refractivity contribution in [3.8, 4) is 11.5 Å². The van der Waals surface area contributed by atoms with E-state index in [-0.39, 0.29) is 16.0 Å². The van der Waals surface area contributed by atoms with Gasteiger partial charge in [-0.15, -0.1) is 0 Å². The van der Waals surface area contributed by atoms with Crippen molar-refractivity contribution in [1.82, 2.24) is 0 Å². The minimum Gasteiger partial charge on any atom is -0.504 e. The summed E-state index contributed by atoms with van der Waals surface area (Å²) in [5.74, 6) is -0.384. The first-order valence-electron chi connectivity index (χ1n) is 4.05. The SMILES string of the molecule is COc1c(O)cc(Br)c(F)c1CCN. The fourth-order valence-electron chi connectivity index (χ4n) is 1.24. The summed E-state index contributed by atoms with van der Waals surface area (Å²) in [4.78, 5) is 0. The van der Waals surface area contributed by atoms with Gasteiger partial charge in [0.25, 0.3) is 0 Å². The van der Waals surface area contributed by atoms with E-state index in [0.717, 1.165) is 0 Å². The molecule has 3 N–H and O–H groups in total. The number of rotatable bonds is 3. The summed E-state index contributed by atoms with van der Waals surface area (Å²) in [6.07, 6.45) is 0.321. The first-order chi connectivity index (χ1) is 6.61. The summed E-state index contributed by atoms with van der Waals surface area (Å²) in [6, 6.07) is 1.26. The van der Waals surface area contributed by atoms with Gasteiger partial charge in [-0.05, 0) is 28.9 Å². The zero-order valence-corrected chi connectivity index (χ0v) is 9.27. The maximum atomic E-state index is 13.5. The van der Waals surface area contributed by atoms with Gasteiger partial charge in [-0.1, -0.05) is 0 Å². The van der Waals surface area contributed by atoms with E-state index in [1.807, 2.05) is 0 Å². The Hall–Kier alpha value is -0.810. The maximum absolute atomic E-state index is 13.5. The summed E-state index contributed by atoms with van der Waals surface area (Å²) in [6.45, 7) is 0.295. The Morgan fingerprint density at radius 1 is 1.64 bits per heavy atom. The summed E-state index contributed by atoms with van der Waals surface area (Å²) < 4.78 is 18.6. The van der Waals surface area contributed by atoms with Gasteiger partial charge in [0, 0.05) is 11.6 Å². The highest BCUT2D eigenvalue weighted by Crippen LogP contribution is 2.36. The second-order valence-corrected chi connectivity index (χ2v) is 3.60. The molecule has 0 unspecified atom stereocenters. The van der Waals surface area contributed by atoms with E-state index < -0.39 is 5.82 Å². The molecule has 78 valence electrons. The molecular weight excluding hydrogens is 253 g/mol. The van der Waals surface area contributed by atoms with E-state index in [1.165, 1.54) is 13.2 Å². The number of hydrogen-bond donors (Lipinski definition) is 2. The molecule has 0 heterocycles. The van der Waals surface area contributed by atoms with E-state index in [0.29, 0.717) is 18.5 Å². The monoisotopic (exact) mass is 263 g/mol. The number of nitrogens with two attached hydrogens (primary N) is 1. The third-order valence-electron chi connectivity index (χ3n) is 1.84. The van der Waals surface area contributed by atoms with Gasteiger partial charge in [0.15, 0.2) is 11.5 Å². The Morgan fingerprint density at radius 2 is 2.29 bits per heavy atom. The third-order valence-corrected chi connectivity index (χ3v) is 2.42. The highest BCUT2D eigenvalue weighted by atomic mass is 79.9. The molecule has 0 aliphatic rings. The number of phenols is 1. The van der Waals surface area contributed by atoms with E-state index >= 15 is 0 Å². The maximum Gasteiger partial charge on any atom is 0.166 e. The van der Waals surface area contributed by atoms with Gasteiger partial charge in [-0.2, -0.15) is 0 Å². The summed E-state index contributed by atoms with van der Waals surface area (Å²) in [5.41, 5.74) is 5.63. The quantitative estimate of drug-likeness (QED) is 0.875. The van der Waals surface area contributed by atoms with Crippen LogP contribution in [0.5, 0.6) is 11.5 Å². The average molecular weight is 264 g/mol. The second-order valence-electron chi connectivity index (χ2n) is 2.74. The topological polar surface area (TPSA) is 55.5 Å². The van der Waals surface area contributed by atoms with Crippen molar-refractivity contribution in [3.05, 3.63) is 21.9 Å². The average Bonchev–Trinajstić information content (AvgIpc) is 2.14. The molecular formula is C9H11BrFNO2. The van der Waals surface area contributed by atoms with E-state index in [4.69, 9.17) is 10.5 Å². The largest absolute Gasteiger partial charge is 0.504 e. The van der Waals surface area contributed by atoms with Crippen LogP contribution in [0.1, 0.15) is 5.56 Å². The normalized spacial score (nSPS) is 10.3. The minimum atomic E-state index is -0.440. The van der Waals surface area contributed by atoms with Crippen molar-refractivity contribution < 1.29 is 14.2 Å². The molecule has 1 rings (SSSR count). The Bertz CT molecular complexity index is 344. The number of benzene rings is 1. The van der Waals surface area contributed by atoms with Gasteiger partial charge in [0.05, 0.1) is 11.6 Å². The van der Waals surface area contributed by atoms with Gasteiger partial charge in [0.2, 0.25) is 0 Å². The molecule has 0 aliphatic heterocycles. The van der Waals surface area contributed by atoms with E-state index in [2.05, 4.69) is 15.9 Å². The van der Waals surface area contributed by atoms with Crippen LogP contribution in [-0.4, -0.2) is 18.8 Å². The number of hydrogen-bond acceptors (Lipinski definition) is 3. The molecule has 0 spiro atoms. The summed E-state index contributed by atoms with van der Waals surface area (Å²) >= 11 is 3.00. The molecule has 0 aromatic heterocycles. The van der Waals surface area contributed by atoms with Crippen molar-refractivity contribution in [1.29, 1.82) is 0 Å². The number of phenolic OH excluding ortho intramolecular Hbond substituents is 1. The third kappa shape index (κ3) is 1.99. The van der Waals surface area contributed by atoms with Crippen LogP contribution in [0.4, 0.5) is 4.39 Å². The molecule has 1 aromatic rings. The Kier molecular flexibility index (Phi) is 3.71. The Balaban J connectivity index is 3.32. The molecule has 1 aromatic carbocycles. The van der Waals surface area contributed by atoms with Crippen LogP contribution in [0.3, 0.4) is 0 Å². The van der Waals surface area contributed by atoms with Crippen molar-refractivity contribution in [3.63, 3.8) is 0 Å². The molecule has 0 amide bonds. The Morgan fingerprint density at radius 3 is 2.79 bits per heavy atom. The van der Waals surface area contributed by atoms with E-state index in [9.17, 15) is 9.50 Å². The fraction of sp³-hybridized carbons (Fsp3) is 0.333. The molecule has 0 fully saturated rings. The summed E-state index contributed by atoms with van der Waals surface area (Å²) in [5, 5.41) is 9.46. The van der Waals surface area contributed by atoms with Crippen LogP contribution in [0.25, 0.3) is 0 Å². The molecule has 0 saturated carbocycles. The number of halogens is 2. The first kappa shape index (κ1) is 11.3.